The molecule has 0 bridgehead atoms. The van der Waals surface area contributed by atoms with Crippen LogP contribution in [-0.4, -0.2) is 21.2 Å². The van der Waals surface area contributed by atoms with E-state index in [1.165, 1.54) is 12.3 Å². The summed E-state index contributed by atoms with van der Waals surface area (Å²) < 4.78 is 0. The van der Waals surface area contributed by atoms with E-state index in [4.69, 9.17) is 5.11 Å². The minimum Gasteiger partial charge on any atom is -0.505 e. The molecule has 1 aromatic carbocycles. The molecule has 0 atom stereocenters. The van der Waals surface area contributed by atoms with Gasteiger partial charge in [0.25, 0.3) is 0 Å². The Morgan fingerprint density at radius 3 is 2.61 bits per heavy atom. The summed E-state index contributed by atoms with van der Waals surface area (Å²) in [6.07, 6.45) is 1.17. The summed E-state index contributed by atoms with van der Waals surface area (Å²) >= 11 is 0. The van der Waals surface area contributed by atoms with Crippen LogP contribution in [-0.2, 0) is 0 Å². The highest BCUT2D eigenvalue weighted by atomic mass is 16.4. The number of aromatic hydroxyl groups is 1. The minimum atomic E-state index is -1.17. The highest BCUT2D eigenvalue weighted by Crippen LogP contribution is 2.26. The molecular formula is C14H13NO3. The van der Waals surface area contributed by atoms with E-state index in [0.29, 0.717) is 5.69 Å². The van der Waals surface area contributed by atoms with Crippen LogP contribution >= 0.6 is 0 Å². The van der Waals surface area contributed by atoms with Gasteiger partial charge in [-0.2, -0.15) is 0 Å². The monoisotopic (exact) mass is 243 g/mol. The Labute approximate surface area is 105 Å². The summed E-state index contributed by atoms with van der Waals surface area (Å²) in [6, 6.07) is 7.27. The molecule has 0 saturated heterocycles. The van der Waals surface area contributed by atoms with Crippen LogP contribution < -0.4 is 0 Å². The number of hydrogen-bond donors (Lipinski definition) is 2. The van der Waals surface area contributed by atoms with Gasteiger partial charge in [0.1, 0.15) is 11.3 Å². The predicted octanol–water partition coefficient (Wildman–Crippen LogP) is 2.77. The first-order valence-corrected chi connectivity index (χ1v) is 5.49. The summed E-state index contributed by atoms with van der Waals surface area (Å²) in [6.45, 7) is 3.89. The number of aromatic nitrogens is 1. The Bertz CT molecular complexity index is 620. The third-order valence-corrected chi connectivity index (χ3v) is 2.78. The molecule has 1 heterocycles. The summed E-state index contributed by atoms with van der Waals surface area (Å²) in [5, 5.41) is 18.4. The number of benzene rings is 1. The molecular weight excluding hydrogens is 230 g/mol. The Hall–Kier alpha value is -2.36. The normalized spacial score (nSPS) is 10.3. The van der Waals surface area contributed by atoms with Crippen molar-refractivity contribution in [2.45, 2.75) is 13.8 Å². The summed E-state index contributed by atoms with van der Waals surface area (Å²) in [5.74, 6) is -1.49. The predicted molar refractivity (Wildman–Crippen MR) is 67.8 cm³/mol. The third-order valence-electron chi connectivity index (χ3n) is 2.78. The number of carboxylic acids is 1. The molecule has 1 aromatic heterocycles. The highest BCUT2D eigenvalue weighted by Gasteiger charge is 2.13. The average Bonchev–Trinajstić information content (AvgIpc) is 2.33. The standard InChI is InChI=1S/C14H13NO3/c1-8-3-4-9(2)10(5-8)12-6-11(14(17)18)13(16)7-15-12/h3-7,16H,1-2H3,(H,17,18). The van der Waals surface area contributed by atoms with E-state index >= 15 is 0 Å². The fourth-order valence-corrected chi connectivity index (χ4v) is 1.78. The van der Waals surface area contributed by atoms with Crippen LogP contribution in [0.4, 0.5) is 0 Å². The van der Waals surface area contributed by atoms with Gasteiger partial charge >= 0.3 is 5.97 Å². The second kappa shape index (κ2) is 4.49. The van der Waals surface area contributed by atoms with E-state index in [-0.39, 0.29) is 11.3 Å². The number of hydrogen-bond acceptors (Lipinski definition) is 3. The lowest BCUT2D eigenvalue weighted by Gasteiger charge is -2.08. The molecule has 0 saturated carbocycles. The number of pyridine rings is 1. The molecule has 4 nitrogen and oxygen atoms in total. The number of nitrogens with zero attached hydrogens (tertiary/aromatic N) is 1. The van der Waals surface area contributed by atoms with Crippen LogP contribution in [0.3, 0.4) is 0 Å². The average molecular weight is 243 g/mol. The van der Waals surface area contributed by atoms with Gasteiger partial charge in [-0.15, -0.1) is 0 Å². The highest BCUT2D eigenvalue weighted by molar-refractivity contribution is 5.92. The first-order chi connectivity index (χ1) is 8.49. The lowest BCUT2D eigenvalue weighted by Crippen LogP contribution is -1.99. The maximum Gasteiger partial charge on any atom is 0.339 e. The second-order valence-electron chi connectivity index (χ2n) is 4.21. The quantitative estimate of drug-likeness (QED) is 0.850. The number of carboxylic acid groups (broad SMARTS) is 1. The van der Waals surface area contributed by atoms with E-state index in [1.54, 1.807) is 0 Å². The van der Waals surface area contributed by atoms with E-state index < -0.39 is 5.97 Å². The SMILES string of the molecule is Cc1ccc(C)c(-c2cc(C(=O)O)c(O)cn2)c1. The zero-order chi connectivity index (χ0) is 13.3. The molecule has 0 aliphatic rings. The largest absolute Gasteiger partial charge is 0.505 e. The van der Waals surface area contributed by atoms with Gasteiger partial charge in [-0.05, 0) is 31.5 Å². The Morgan fingerprint density at radius 2 is 1.94 bits per heavy atom. The van der Waals surface area contributed by atoms with Crippen molar-refractivity contribution in [2.75, 3.05) is 0 Å². The smallest absolute Gasteiger partial charge is 0.339 e. The molecule has 0 spiro atoms. The second-order valence-corrected chi connectivity index (χ2v) is 4.21. The third kappa shape index (κ3) is 2.18. The molecule has 0 amide bonds. The van der Waals surface area contributed by atoms with Gasteiger partial charge in [0.05, 0.1) is 11.9 Å². The van der Waals surface area contributed by atoms with Crippen molar-refractivity contribution in [3.8, 4) is 17.0 Å². The fraction of sp³-hybridized carbons (Fsp3) is 0.143. The van der Waals surface area contributed by atoms with Crippen molar-refractivity contribution < 1.29 is 15.0 Å². The van der Waals surface area contributed by atoms with Gasteiger partial charge in [-0.3, -0.25) is 4.98 Å². The number of carbonyl (C=O) groups is 1. The van der Waals surface area contributed by atoms with Crippen molar-refractivity contribution in [3.63, 3.8) is 0 Å². The number of rotatable bonds is 2. The van der Waals surface area contributed by atoms with Gasteiger partial charge < -0.3 is 10.2 Å². The Balaban J connectivity index is 2.61. The number of aromatic carboxylic acids is 1. The molecule has 2 aromatic rings. The van der Waals surface area contributed by atoms with Crippen LogP contribution in [0.1, 0.15) is 21.5 Å². The molecule has 0 unspecified atom stereocenters. The first-order valence-electron chi connectivity index (χ1n) is 5.49. The van der Waals surface area contributed by atoms with E-state index in [9.17, 15) is 9.90 Å². The van der Waals surface area contributed by atoms with Crippen molar-refractivity contribution in [2.24, 2.45) is 0 Å². The van der Waals surface area contributed by atoms with Crippen molar-refractivity contribution >= 4 is 5.97 Å². The molecule has 0 fully saturated rings. The summed E-state index contributed by atoms with van der Waals surface area (Å²) in [5.41, 5.74) is 3.36. The molecule has 18 heavy (non-hydrogen) atoms. The Morgan fingerprint density at radius 1 is 1.22 bits per heavy atom. The topological polar surface area (TPSA) is 70.4 Å². The van der Waals surface area contributed by atoms with E-state index in [0.717, 1.165) is 16.7 Å². The van der Waals surface area contributed by atoms with Crippen LogP contribution in [0.2, 0.25) is 0 Å². The van der Waals surface area contributed by atoms with E-state index in [1.807, 2.05) is 32.0 Å². The maximum atomic E-state index is 11.0. The number of aryl methyl sites for hydroxylation is 2. The Kier molecular flexibility index (Phi) is 3.02. The summed E-state index contributed by atoms with van der Waals surface area (Å²) in [7, 11) is 0. The lowest BCUT2D eigenvalue weighted by atomic mass is 10.0. The van der Waals surface area contributed by atoms with Crippen LogP contribution in [0.25, 0.3) is 11.3 Å². The lowest BCUT2D eigenvalue weighted by molar-refractivity contribution is 0.0693. The maximum absolute atomic E-state index is 11.0. The molecule has 0 aliphatic carbocycles. The van der Waals surface area contributed by atoms with Crippen molar-refractivity contribution in [1.29, 1.82) is 0 Å². The fourth-order valence-electron chi connectivity index (χ4n) is 1.78. The van der Waals surface area contributed by atoms with Gasteiger partial charge in [0.2, 0.25) is 0 Å². The molecule has 2 N–H and O–H groups in total. The zero-order valence-electron chi connectivity index (χ0n) is 10.1. The molecule has 2 rings (SSSR count). The van der Waals surface area contributed by atoms with Crippen LogP contribution in [0.15, 0.2) is 30.5 Å². The molecule has 92 valence electrons. The van der Waals surface area contributed by atoms with Gasteiger partial charge in [-0.25, -0.2) is 4.79 Å². The molecule has 0 aliphatic heterocycles. The minimum absolute atomic E-state index is 0.138. The van der Waals surface area contributed by atoms with Crippen LogP contribution in [0.5, 0.6) is 5.75 Å². The summed E-state index contributed by atoms with van der Waals surface area (Å²) in [4.78, 5) is 15.0. The van der Waals surface area contributed by atoms with Crippen molar-refractivity contribution in [3.05, 3.63) is 47.2 Å². The van der Waals surface area contributed by atoms with Gasteiger partial charge in [0, 0.05) is 5.56 Å². The van der Waals surface area contributed by atoms with Gasteiger partial charge in [0.15, 0.2) is 0 Å². The van der Waals surface area contributed by atoms with Crippen molar-refractivity contribution in [1.82, 2.24) is 4.98 Å². The van der Waals surface area contributed by atoms with E-state index in [2.05, 4.69) is 4.98 Å². The van der Waals surface area contributed by atoms with Crippen LogP contribution in [0, 0.1) is 13.8 Å². The molecule has 4 heteroatoms. The van der Waals surface area contributed by atoms with Gasteiger partial charge in [-0.1, -0.05) is 17.7 Å². The molecule has 0 radical (unpaired) electrons. The first kappa shape index (κ1) is 12.1. The zero-order valence-corrected chi connectivity index (χ0v) is 10.1.